The van der Waals surface area contributed by atoms with E-state index >= 15 is 0 Å². The Morgan fingerprint density at radius 3 is 1.58 bits per heavy atom. The molecule has 0 unspecified atom stereocenters. The standard InChI is InChI=1S/C48H62O16SSi/c1-29(49)55-27-36-38(57-30(2)50)40(58-31(3)51)42(59-32(4)52)44(60-36)62-43-41-39(63-47(8,53-10)48(9,54-11)64-41)37(61-45(43)65-33-21-15-12-16-22-33)28-56-66(46(5,6)7,34-23-17-13-18-24-34)35-25-19-14-20-26-35/h12-26,36-45H,27-28H2,1-11H3/t36-,37-,38-,39-,40+,41+,42+,43-,44-,45+,47+,48+/m1/s1. The first-order chi connectivity index (χ1) is 31.3. The second-order valence-corrected chi connectivity index (χ2v) is 23.1. The van der Waals surface area contributed by atoms with Gasteiger partial charge in [-0.15, -0.1) is 0 Å². The van der Waals surface area contributed by atoms with E-state index in [1.165, 1.54) is 32.9 Å². The maximum Gasteiger partial charge on any atom is 0.303 e. The van der Waals surface area contributed by atoms with Crippen LogP contribution in [0, 0.1) is 0 Å². The number of rotatable bonds is 16. The lowest BCUT2D eigenvalue weighted by Gasteiger charge is -2.58. The number of esters is 4. The van der Waals surface area contributed by atoms with E-state index in [-0.39, 0.29) is 11.6 Å². The number of benzene rings is 3. The fraction of sp³-hybridized carbons (Fsp3) is 0.542. The van der Waals surface area contributed by atoms with Crippen LogP contribution in [0.1, 0.15) is 62.3 Å². The Hall–Kier alpha value is -4.21. The Kier molecular flexibility index (Phi) is 16.6. The summed E-state index contributed by atoms with van der Waals surface area (Å²) >= 11 is 1.33. The first-order valence-electron chi connectivity index (χ1n) is 21.8. The van der Waals surface area contributed by atoms with Gasteiger partial charge in [-0.2, -0.15) is 0 Å². The first kappa shape index (κ1) is 51.2. The van der Waals surface area contributed by atoms with Crippen LogP contribution in [0.2, 0.25) is 5.04 Å². The fourth-order valence-electron chi connectivity index (χ4n) is 8.78. The van der Waals surface area contributed by atoms with Crippen molar-refractivity contribution in [1.82, 2.24) is 0 Å². The van der Waals surface area contributed by atoms with Crippen LogP contribution in [0.15, 0.2) is 95.9 Å². The van der Waals surface area contributed by atoms with E-state index in [9.17, 15) is 19.2 Å². The molecule has 360 valence electrons. The summed E-state index contributed by atoms with van der Waals surface area (Å²) in [6.45, 7) is 14.2. The molecule has 66 heavy (non-hydrogen) atoms. The smallest absolute Gasteiger partial charge is 0.303 e. The van der Waals surface area contributed by atoms with E-state index in [2.05, 4.69) is 45.0 Å². The average molecular weight is 955 g/mol. The Bertz CT molecular complexity index is 2070. The molecule has 0 amide bonds. The van der Waals surface area contributed by atoms with Crippen LogP contribution in [-0.2, 0) is 75.7 Å². The third-order valence-electron chi connectivity index (χ3n) is 12.0. The zero-order valence-corrected chi connectivity index (χ0v) is 41.1. The number of thioether (sulfide) groups is 1. The van der Waals surface area contributed by atoms with Crippen molar-refractivity contribution in [3.05, 3.63) is 91.0 Å². The van der Waals surface area contributed by atoms with Gasteiger partial charge in [-0.05, 0) is 41.4 Å². The average Bonchev–Trinajstić information content (AvgIpc) is 3.27. The highest BCUT2D eigenvalue weighted by atomic mass is 32.2. The summed E-state index contributed by atoms with van der Waals surface area (Å²) < 4.78 is 76.7. The number of methoxy groups -OCH3 is 2. The molecule has 0 aliphatic carbocycles. The van der Waals surface area contributed by atoms with Gasteiger partial charge in [0, 0.05) is 46.8 Å². The Morgan fingerprint density at radius 1 is 0.606 bits per heavy atom. The highest BCUT2D eigenvalue weighted by molar-refractivity contribution is 7.99. The summed E-state index contributed by atoms with van der Waals surface area (Å²) in [5.41, 5.74) is -0.940. The van der Waals surface area contributed by atoms with Crippen molar-refractivity contribution in [2.24, 2.45) is 0 Å². The van der Waals surface area contributed by atoms with E-state index in [0.29, 0.717) is 0 Å². The van der Waals surface area contributed by atoms with Gasteiger partial charge in [-0.1, -0.05) is 111 Å². The van der Waals surface area contributed by atoms with E-state index in [4.69, 9.17) is 56.5 Å². The largest absolute Gasteiger partial charge is 0.463 e. The van der Waals surface area contributed by atoms with Crippen molar-refractivity contribution >= 4 is 54.3 Å². The van der Waals surface area contributed by atoms with E-state index in [0.717, 1.165) is 36.0 Å². The maximum atomic E-state index is 12.9. The van der Waals surface area contributed by atoms with Gasteiger partial charge in [-0.3, -0.25) is 19.2 Å². The van der Waals surface area contributed by atoms with E-state index < -0.39 is 111 Å². The molecule has 18 heteroatoms. The molecule has 3 fully saturated rings. The van der Waals surface area contributed by atoms with Crippen molar-refractivity contribution in [3.8, 4) is 0 Å². The van der Waals surface area contributed by atoms with Crippen LogP contribution >= 0.6 is 11.8 Å². The number of carbonyl (C=O) groups is 4. The highest BCUT2D eigenvalue weighted by Crippen LogP contribution is 2.48. The van der Waals surface area contributed by atoms with Crippen molar-refractivity contribution in [2.75, 3.05) is 27.4 Å². The van der Waals surface area contributed by atoms with E-state index in [1.807, 2.05) is 66.7 Å². The van der Waals surface area contributed by atoms with Gasteiger partial charge in [-0.25, -0.2) is 0 Å². The number of hydrogen-bond donors (Lipinski definition) is 0. The minimum Gasteiger partial charge on any atom is -0.463 e. The van der Waals surface area contributed by atoms with Gasteiger partial charge in [0.1, 0.15) is 42.6 Å². The van der Waals surface area contributed by atoms with Gasteiger partial charge in [0.2, 0.25) is 11.6 Å². The summed E-state index contributed by atoms with van der Waals surface area (Å²) in [5, 5.41) is 1.73. The van der Waals surface area contributed by atoms with Crippen molar-refractivity contribution in [1.29, 1.82) is 0 Å². The molecule has 12 atom stereocenters. The second kappa shape index (κ2) is 21.4. The molecule has 3 aromatic rings. The van der Waals surface area contributed by atoms with Crippen LogP contribution in [0.3, 0.4) is 0 Å². The lowest BCUT2D eigenvalue weighted by molar-refractivity contribution is -0.475. The second-order valence-electron chi connectivity index (χ2n) is 17.6. The van der Waals surface area contributed by atoms with Crippen LogP contribution in [0.25, 0.3) is 0 Å². The van der Waals surface area contributed by atoms with Gasteiger partial charge >= 0.3 is 23.9 Å². The van der Waals surface area contributed by atoms with Gasteiger partial charge in [0.25, 0.3) is 8.32 Å². The van der Waals surface area contributed by atoms with Crippen molar-refractivity contribution < 1.29 is 75.7 Å². The first-order valence-corrected chi connectivity index (χ1v) is 24.6. The summed E-state index contributed by atoms with van der Waals surface area (Å²) in [4.78, 5) is 51.1. The molecule has 3 aliphatic heterocycles. The molecule has 3 aromatic carbocycles. The quantitative estimate of drug-likeness (QED) is 0.106. The van der Waals surface area contributed by atoms with E-state index in [1.54, 1.807) is 13.8 Å². The monoisotopic (exact) mass is 954 g/mol. The number of carbonyl (C=O) groups excluding carboxylic acids is 4. The lowest BCUT2D eigenvalue weighted by atomic mass is 9.94. The fourth-order valence-corrected chi connectivity index (χ4v) is 14.5. The van der Waals surface area contributed by atoms with Gasteiger partial charge in [0.15, 0.2) is 24.6 Å². The molecule has 0 radical (unpaired) electrons. The van der Waals surface area contributed by atoms with Gasteiger partial charge < -0.3 is 56.5 Å². The predicted octanol–water partition coefficient (Wildman–Crippen LogP) is 5.06. The van der Waals surface area contributed by atoms with Crippen molar-refractivity contribution in [2.45, 2.75) is 144 Å². The maximum absolute atomic E-state index is 12.9. The molecule has 3 aliphatic rings. The summed E-state index contributed by atoms with van der Waals surface area (Å²) in [5.74, 6) is -6.08. The van der Waals surface area contributed by atoms with Gasteiger partial charge in [0.05, 0.1) is 6.61 Å². The summed E-state index contributed by atoms with van der Waals surface area (Å²) in [6, 6.07) is 29.9. The molecular formula is C48H62O16SSi. The Balaban J connectivity index is 1.49. The molecular weight excluding hydrogens is 893 g/mol. The number of fused-ring (bicyclic) bond motifs is 1. The number of ether oxygens (including phenoxy) is 11. The molecule has 3 saturated heterocycles. The zero-order valence-electron chi connectivity index (χ0n) is 39.3. The van der Waals surface area contributed by atoms with Crippen LogP contribution in [-0.4, -0.2) is 132 Å². The minimum atomic E-state index is -3.16. The molecule has 0 N–H and O–H groups in total. The Morgan fingerprint density at radius 2 is 1.09 bits per heavy atom. The van der Waals surface area contributed by atoms with Crippen LogP contribution in [0.5, 0.6) is 0 Å². The topological polar surface area (TPSA) is 179 Å². The van der Waals surface area contributed by atoms with Crippen molar-refractivity contribution in [3.63, 3.8) is 0 Å². The van der Waals surface area contributed by atoms with Crippen LogP contribution in [0.4, 0.5) is 0 Å². The third-order valence-corrected chi connectivity index (χ3v) is 18.2. The summed E-state index contributed by atoms with van der Waals surface area (Å²) in [6.07, 6.45) is -11.4. The zero-order chi connectivity index (χ0) is 48.0. The molecule has 3 heterocycles. The molecule has 0 spiro atoms. The molecule has 16 nitrogen and oxygen atoms in total. The normalized spacial score (nSPS) is 31.2. The molecule has 0 bridgehead atoms. The summed E-state index contributed by atoms with van der Waals surface area (Å²) in [7, 11) is -0.206. The molecule has 6 rings (SSSR count). The van der Waals surface area contributed by atoms with Crippen LogP contribution < -0.4 is 10.4 Å². The highest BCUT2D eigenvalue weighted by Gasteiger charge is 2.65. The third kappa shape index (κ3) is 11.0. The SMILES string of the molecule is CO[C@@]1(C)O[C@@H]2[C@@H](O[C@H]3O[C@H](COC(C)=O)[C@@H](OC(C)=O)[C@H](OC(C)=O)[C@@H]3OC(C)=O)[C@H](Sc3ccccc3)O[C@H](CO[Si](c3ccccc3)(c3ccccc3)C(C)(C)C)[C@H]2O[C@]1(C)OC. The molecule has 0 aromatic heterocycles. The predicted molar refractivity (Wildman–Crippen MR) is 242 cm³/mol. The lowest BCUT2D eigenvalue weighted by Crippen LogP contribution is -2.74. The number of hydrogen-bond acceptors (Lipinski definition) is 17. The molecule has 0 saturated carbocycles. The Labute approximate surface area is 391 Å². The minimum absolute atomic E-state index is 0.0267.